The summed E-state index contributed by atoms with van der Waals surface area (Å²) in [6.07, 6.45) is 1.47. The number of ether oxygens (including phenoxy) is 2. The molecule has 0 amide bonds. The molecule has 6 heterocycles. The average molecular weight is 1380 g/mol. The predicted molar refractivity (Wildman–Crippen MR) is 340 cm³/mol. The normalized spacial score (nSPS) is 14.0. The monoisotopic (exact) mass is 1380 g/mol. The molecule has 90 heavy (non-hydrogen) atoms. The molecular formula is C62H41InN8O15S4. The number of aromatic nitrogens is 2. The van der Waals surface area contributed by atoms with Gasteiger partial charge in [-0.15, -0.1) is 0 Å². The summed E-state index contributed by atoms with van der Waals surface area (Å²) in [5.41, 5.74) is 3.34. The van der Waals surface area contributed by atoms with Crippen LogP contribution in [-0.2, 0) is 41.6 Å². The van der Waals surface area contributed by atoms with Crippen LogP contribution in [0.3, 0.4) is 0 Å². The Balaban J connectivity index is 1.18. The zero-order chi connectivity index (χ0) is 61.7. The number of hydrogen-bond acceptors (Lipinski definition) is 21. The molecule has 0 saturated heterocycles. The molecule has 4 aliphatic rings. The van der Waals surface area contributed by atoms with Gasteiger partial charge in [0.2, 0.25) is 0 Å². The van der Waals surface area contributed by atoms with E-state index >= 15 is 0 Å². The number of amidine groups is 4. The molecule has 446 valence electrons. The molecule has 15 rings (SSSR count). The third-order valence-corrected chi connectivity index (χ3v) is 27.0. The fourth-order valence-electron chi connectivity index (χ4n) is 12.0. The van der Waals surface area contributed by atoms with Gasteiger partial charge in [0.05, 0.1) is 0 Å². The van der Waals surface area contributed by atoms with Crippen molar-refractivity contribution in [3.8, 4) is 34.5 Å². The molecule has 4 N–H and O–H groups in total. The standard InChI is InChI=1S/C62H40N8O11S3.In.H2O4S/c1-3-5-23-76-53-42-13-9-10-14-43(42)54(77-24-6-4-2)52-51(53)61-67-56-45-27-33-17-21-39(83-81-79-72)25-36(33)30-46(45)57(64-56)66-60-50-48(29-35-11-7-8-12-41(35)49(50)32-15-19-38(20-16-32)82-80-78-71)59(69-60)65-55-44-28-34-18-22-40(84(73,74)75)26-37(34)31-47(44)58(63-55)68-62(52)70-61;;1-5(2,3)4/h7-22,25-31H,4,6,23-24H2,1-2H3,(H3-2,63,64,65,66,67,68,69,70,71,72,73,74,75);;(H2,1,2,3,4)/q-2;+3;/p-1. The number of rotatable bonds is 16. The average Bonchev–Trinajstić information content (AvgIpc) is 1.55. The van der Waals surface area contributed by atoms with Crippen LogP contribution in [-0.4, -0.2) is 101 Å². The summed E-state index contributed by atoms with van der Waals surface area (Å²) >= 11 is -4.12. The van der Waals surface area contributed by atoms with Crippen LogP contribution in [0.1, 0.15) is 48.9 Å². The summed E-state index contributed by atoms with van der Waals surface area (Å²) in [4.78, 5) is 33.5. The number of unbranched alkanes of at least 4 members (excludes halogenated alkanes) is 1. The van der Waals surface area contributed by atoms with E-state index in [9.17, 15) is 31.2 Å². The van der Waals surface area contributed by atoms with Crippen molar-refractivity contribution in [3.05, 3.63) is 173 Å². The van der Waals surface area contributed by atoms with E-state index in [1.54, 1.807) is 48.4 Å². The Kier molecular flexibility index (Phi) is 14.7. The zero-order valence-corrected chi connectivity index (χ0v) is 53.2. The van der Waals surface area contributed by atoms with Gasteiger partial charge in [0.1, 0.15) is 0 Å². The molecule has 28 heteroatoms. The predicted octanol–water partition coefficient (Wildman–Crippen LogP) is 11.7. The Bertz CT molecular complexity index is 5570. The van der Waals surface area contributed by atoms with Gasteiger partial charge in [-0.05, 0) is 0 Å². The van der Waals surface area contributed by atoms with Gasteiger partial charge in [0.25, 0.3) is 0 Å². The molecule has 23 nitrogen and oxygen atoms in total. The summed E-state index contributed by atoms with van der Waals surface area (Å²) in [5, 5.41) is 32.4. The van der Waals surface area contributed by atoms with Crippen LogP contribution in [0.4, 0.5) is 11.6 Å². The third kappa shape index (κ3) is 9.94. The van der Waals surface area contributed by atoms with Gasteiger partial charge >= 0.3 is 520 Å². The first-order valence-electron chi connectivity index (χ1n) is 27.6. The fraction of sp³-hybridized carbons (Fsp3) is 0.0968. The van der Waals surface area contributed by atoms with Crippen molar-refractivity contribution in [2.45, 2.75) is 41.4 Å². The second kappa shape index (κ2) is 22.8. The maximum absolute atomic E-state index is 14.1. The number of fused-ring (bicyclic) bond motifs is 18. The van der Waals surface area contributed by atoms with E-state index in [1.807, 2.05) is 91.9 Å². The summed E-state index contributed by atoms with van der Waals surface area (Å²) in [6.45, 7) is 3.97. The fourth-order valence-corrected chi connectivity index (χ4v) is 22.3. The second-order valence-corrected chi connectivity index (χ2v) is 31.4. The van der Waals surface area contributed by atoms with Crippen molar-refractivity contribution in [1.29, 1.82) is 0 Å². The number of benzene rings is 9. The second-order valence-electron chi connectivity index (χ2n) is 20.9. The maximum atomic E-state index is 14.1. The van der Waals surface area contributed by atoms with Crippen molar-refractivity contribution < 1.29 is 67.0 Å². The van der Waals surface area contributed by atoms with Crippen LogP contribution in [0.5, 0.6) is 11.5 Å². The molecule has 2 aromatic heterocycles. The number of nitrogens with zero attached hydrogens (tertiary/aromatic N) is 8. The third-order valence-electron chi connectivity index (χ3n) is 15.7. The summed E-state index contributed by atoms with van der Waals surface area (Å²) in [6, 6.07) is 41.1. The Hall–Kier alpha value is -8.35. The molecule has 11 aromatic rings. The topological polar surface area (TPSA) is 298 Å². The summed E-state index contributed by atoms with van der Waals surface area (Å²) < 4.78 is 109. The molecule has 0 fully saturated rings. The van der Waals surface area contributed by atoms with Crippen molar-refractivity contribution in [1.82, 2.24) is 5.11 Å². The molecule has 0 atom stereocenters. The molecular weight excluding hydrogens is 1340 g/mol. The van der Waals surface area contributed by atoms with E-state index < -0.39 is 47.9 Å². The van der Waals surface area contributed by atoms with Gasteiger partial charge in [0.15, 0.2) is 0 Å². The summed E-state index contributed by atoms with van der Waals surface area (Å²) in [5.74, 6) is 7.12. The van der Waals surface area contributed by atoms with E-state index in [1.165, 1.54) is 18.2 Å². The first-order valence-corrected chi connectivity index (χ1v) is 36.1. The van der Waals surface area contributed by atoms with Crippen LogP contribution in [0, 0.1) is 11.8 Å². The first kappa shape index (κ1) is 58.0. The Labute approximate surface area is 526 Å². The van der Waals surface area contributed by atoms with Crippen molar-refractivity contribution in [3.63, 3.8) is 0 Å². The summed E-state index contributed by atoms with van der Waals surface area (Å²) in [7, 11) is -10.2. The SMILES string of the molecule is CC#CCOc1c2c(c(OCCCC)c3ccccc13)C1=Nc3c4cc5cc(S(=O)(=O)O)ccc5cc4c4[n]3[In]([O]S(=O)(=O)O)[n]3c(c5cc6cc(SOOO)ccc6cc5c3=NC2=N1)=NC1=NC(=N4)c2cc3ccccc3c(-c3ccc(SOOO)cc3)c21. The van der Waals surface area contributed by atoms with E-state index in [0.717, 1.165) is 41.3 Å². The van der Waals surface area contributed by atoms with Gasteiger partial charge in [0, 0.05) is 0 Å². The number of hydrogen-bond donors (Lipinski definition) is 4. The van der Waals surface area contributed by atoms with Crippen molar-refractivity contribution in [2.75, 3.05) is 13.2 Å². The van der Waals surface area contributed by atoms with Gasteiger partial charge in [-0.3, -0.25) is 0 Å². The molecule has 6 bridgehead atoms. The molecule has 0 unspecified atom stereocenters. The molecule has 9 aromatic carbocycles. The first-order chi connectivity index (χ1) is 43.7. The Morgan fingerprint density at radius 2 is 1.10 bits per heavy atom. The van der Waals surface area contributed by atoms with Gasteiger partial charge in [-0.1, -0.05) is 5.04 Å². The quantitative estimate of drug-likeness (QED) is 0.0174. The minimum absolute atomic E-state index is 0.0103. The van der Waals surface area contributed by atoms with Crippen molar-refractivity contribution in [2.24, 2.45) is 30.0 Å². The van der Waals surface area contributed by atoms with E-state index in [2.05, 4.69) is 21.9 Å². The number of aliphatic imine (C=N–C) groups is 4. The minimum atomic E-state index is -5.66. The van der Waals surface area contributed by atoms with Crippen LogP contribution >= 0.6 is 24.1 Å². The van der Waals surface area contributed by atoms with Gasteiger partial charge < -0.3 is 0 Å². The molecule has 0 aliphatic carbocycles. The molecule has 0 spiro atoms. The van der Waals surface area contributed by atoms with E-state index in [-0.39, 0.29) is 64.6 Å². The molecule has 0 saturated carbocycles. The van der Waals surface area contributed by atoms with Crippen molar-refractivity contribution >= 4 is 167 Å². The molecule has 0 radical (unpaired) electrons. The zero-order valence-electron chi connectivity index (χ0n) is 46.7. The van der Waals surface area contributed by atoms with Crippen LogP contribution in [0.25, 0.3) is 75.8 Å². The van der Waals surface area contributed by atoms with E-state index in [0.29, 0.717) is 110 Å². The van der Waals surface area contributed by atoms with Crippen LogP contribution in [0.2, 0.25) is 0 Å². The van der Waals surface area contributed by atoms with Gasteiger partial charge in [-0.25, -0.2) is 5.26 Å². The Morgan fingerprint density at radius 1 is 0.533 bits per heavy atom. The van der Waals surface area contributed by atoms with Crippen LogP contribution in [0.15, 0.2) is 184 Å². The van der Waals surface area contributed by atoms with Gasteiger partial charge in [-0.2, -0.15) is 0 Å². The van der Waals surface area contributed by atoms with Crippen LogP contribution < -0.4 is 20.4 Å². The van der Waals surface area contributed by atoms with E-state index in [4.69, 9.17) is 55.7 Å². The Morgan fingerprint density at radius 3 is 1.77 bits per heavy atom. The molecule has 4 aliphatic heterocycles.